The van der Waals surface area contributed by atoms with E-state index < -0.39 is 12.0 Å². The molecule has 0 aliphatic carbocycles. The molecule has 0 fully saturated rings. The highest BCUT2D eigenvalue weighted by atomic mass is 16.4. The zero-order valence-corrected chi connectivity index (χ0v) is 10.1. The third-order valence-corrected chi connectivity index (χ3v) is 2.52. The second-order valence-electron chi connectivity index (χ2n) is 3.97. The number of aliphatic carboxylic acids is 1. The molecular weight excluding hydrogens is 230 g/mol. The minimum absolute atomic E-state index is 0.229. The molecule has 0 saturated carbocycles. The maximum atomic E-state index is 11.6. The number of hydrogen-bond acceptors (Lipinski definition) is 2. The summed E-state index contributed by atoms with van der Waals surface area (Å²) >= 11 is 0. The summed E-state index contributed by atoms with van der Waals surface area (Å²) in [4.78, 5) is 22.4. The van der Waals surface area contributed by atoms with Crippen molar-refractivity contribution in [1.29, 1.82) is 0 Å². The number of carboxylic acids is 1. The lowest BCUT2D eigenvalue weighted by Gasteiger charge is -2.12. The van der Waals surface area contributed by atoms with E-state index in [9.17, 15) is 9.59 Å². The Hall–Kier alpha value is -2.10. The van der Waals surface area contributed by atoms with Crippen LogP contribution in [0.25, 0.3) is 0 Å². The highest BCUT2D eigenvalue weighted by Crippen LogP contribution is 2.03. The van der Waals surface area contributed by atoms with E-state index in [1.54, 1.807) is 0 Å². The Morgan fingerprint density at radius 3 is 2.56 bits per heavy atom. The standard InChI is InChI=1S/C14H17NO3/c1-2-6-12(14(17)18)15-13(16)10-9-11-7-4-3-5-8-11/h2-5,7-8,12H,1,6,9-10H2,(H,15,16)(H,17,18)/t12-/m1/s1. The van der Waals surface area contributed by atoms with Crippen molar-refractivity contribution < 1.29 is 14.7 Å². The molecule has 0 bridgehead atoms. The Morgan fingerprint density at radius 2 is 2.00 bits per heavy atom. The van der Waals surface area contributed by atoms with Crippen molar-refractivity contribution in [2.24, 2.45) is 0 Å². The van der Waals surface area contributed by atoms with Gasteiger partial charge in [0, 0.05) is 6.42 Å². The minimum atomic E-state index is -1.04. The van der Waals surface area contributed by atoms with Crippen molar-refractivity contribution in [2.75, 3.05) is 0 Å². The maximum absolute atomic E-state index is 11.6. The lowest BCUT2D eigenvalue weighted by Crippen LogP contribution is -2.40. The Kier molecular flexibility index (Phi) is 5.64. The Labute approximate surface area is 106 Å². The SMILES string of the molecule is C=CC[C@@H](NC(=O)CCc1ccccc1)C(=O)O. The second kappa shape index (κ2) is 7.27. The second-order valence-corrected chi connectivity index (χ2v) is 3.97. The summed E-state index contributed by atoms with van der Waals surface area (Å²) in [7, 11) is 0. The largest absolute Gasteiger partial charge is 0.480 e. The molecule has 4 heteroatoms. The van der Waals surface area contributed by atoms with Gasteiger partial charge in [-0.3, -0.25) is 4.79 Å². The molecule has 1 amide bonds. The molecule has 1 atom stereocenters. The van der Waals surface area contributed by atoms with E-state index in [0.717, 1.165) is 5.56 Å². The van der Waals surface area contributed by atoms with Crippen LogP contribution in [0.15, 0.2) is 43.0 Å². The van der Waals surface area contributed by atoms with Gasteiger partial charge in [0.25, 0.3) is 0 Å². The fourth-order valence-corrected chi connectivity index (χ4v) is 1.56. The van der Waals surface area contributed by atoms with Crippen LogP contribution >= 0.6 is 0 Å². The lowest BCUT2D eigenvalue weighted by molar-refractivity contribution is -0.141. The molecule has 0 unspecified atom stereocenters. The third-order valence-electron chi connectivity index (χ3n) is 2.52. The van der Waals surface area contributed by atoms with E-state index in [1.165, 1.54) is 6.08 Å². The van der Waals surface area contributed by atoms with Crippen LogP contribution in [0.2, 0.25) is 0 Å². The summed E-state index contributed by atoms with van der Waals surface area (Å²) in [6.07, 6.45) is 2.60. The summed E-state index contributed by atoms with van der Waals surface area (Å²) in [5.41, 5.74) is 1.06. The molecule has 96 valence electrons. The summed E-state index contributed by atoms with van der Waals surface area (Å²) in [6.45, 7) is 3.47. The zero-order valence-electron chi connectivity index (χ0n) is 10.1. The van der Waals surface area contributed by atoms with Crippen LogP contribution < -0.4 is 5.32 Å². The van der Waals surface area contributed by atoms with Gasteiger partial charge in [0.2, 0.25) is 5.91 Å². The van der Waals surface area contributed by atoms with Crippen LogP contribution in [0, 0.1) is 0 Å². The van der Waals surface area contributed by atoms with Crippen molar-refractivity contribution in [3.8, 4) is 0 Å². The van der Waals surface area contributed by atoms with Crippen molar-refractivity contribution in [2.45, 2.75) is 25.3 Å². The fourth-order valence-electron chi connectivity index (χ4n) is 1.56. The first-order chi connectivity index (χ1) is 8.63. The number of carbonyl (C=O) groups is 2. The molecule has 0 heterocycles. The number of nitrogens with one attached hydrogen (secondary N) is 1. The first kappa shape index (κ1) is 14.0. The number of carboxylic acid groups (broad SMARTS) is 1. The van der Waals surface area contributed by atoms with Gasteiger partial charge in [0.1, 0.15) is 6.04 Å². The third kappa shape index (κ3) is 4.82. The van der Waals surface area contributed by atoms with Crippen LogP contribution in [0.5, 0.6) is 0 Å². The molecule has 18 heavy (non-hydrogen) atoms. The van der Waals surface area contributed by atoms with E-state index in [-0.39, 0.29) is 18.7 Å². The average Bonchev–Trinajstić information content (AvgIpc) is 2.37. The van der Waals surface area contributed by atoms with Crippen molar-refractivity contribution in [1.82, 2.24) is 5.32 Å². The molecule has 1 rings (SSSR count). The summed E-state index contributed by atoms with van der Waals surface area (Å²) < 4.78 is 0. The van der Waals surface area contributed by atoms with Gasteiger partial charge in [-0.05, 0) is 18.4 Å². The molecule has 2 N–H and O–H groups in total. The molecule has 1 aromatic rings. The number of hydrogen-bond donors (Lipinski definition) is 2. The van der Waals surface area contributed by atoms with Gasteiger partial charge in [-0.1, -0.05) is 36.4 Å². The van der Waals surface area contributed by atoms with Crippen molar-refractivity contribution in [3.05, 3.63) is 48.6 Å². The van der Waals surface area contributed by atoms with Gasteiger partial charge in [-0.2, -0.15) is 0 Å². The highest BCUT2D eigenvalue weighted by molar-refractivity contribution is 5.83. The normalized spacial score (nSPS) is 11.6. The highest BCUT2D eigenvalue weighted by Gasteiger charge is 2.17. The Bertz CT molecular complexity index is 414. The maximum Gasteiger partial charge on any atom is 0.326 e. The summed E-state index contributed by atoms with van der Waals surface area (Å²) in [5.74, 6) is -1.30. The Balaban J connectivity index is 2.41. The monoisotopic (exact) mass is 247 g/mol. The number of benzene rings is 1. The number of aryl methyl sites for hydroxylation is 1. The van der Waals surface area contributed by atoms with Crippen molar-refractivity contribution in [3.63, 3.8) is 0 Å². The van der Waals surface area contributed by atoms with Crippen LogP contribution in [-0.4, -0.2) is 23.0 Å². The lowest BCUT2D eigenvalue weighted by atomic mass is 10.1. The van der Waals surface area contributed by atoms with E-state index >= 15 is 0 Å². The fraction of sp³-hybridized carbons (Fsp3) is 0.286. The molecule has 0 spiro atoms. The average molecular weight is 247 g/mol. The van der Waals surface area contributed by atoms with Crippen LogP contribution in [0.3, 0.4) is 0 Å². The van der Waals surface area contributed by atoms with Gasteiger partial charge in [0.15, 0.2) is 0 Å². The molecule has 0 aromatic heterocycles. The van der Waals surface area contributed by atoms with Gasteiger partial charge in [-0.25, -0.2) is 4.79 Å². The first-order valence-electron chi connectivity index (χ1n) is 5.80. The molecular formula is C14H17NO3. The van der Waals surface area contributed by atoms with E-state index in [4.69, 9.17) is 5.11 Å². The topological polar surface area (TPSA) is 66.4 Å². The van der Waals surface area contributed by atoms with E-state index in [1.807, 2.05) is 30.3 Å². The minimum Gasteiger partial charge on any atom is -0.480 e. The van der Waals surface area contributed by atoms with Crippen LogP contribution in [0.4, 0.5) is 0 Å². The molecule has 1 aromatic carbocycles. The summed E-state index contributed by atoms with van der Waals surface area (Å²) in [5, 5.41) is 11.4. The molecule has 4 nitrogen and oxygen atoms in total. The predicted molar refractivity (Wildman–Crippen MR) is 69.1 cm³/mol. The van der Waals surface area contributed by atoms with E-state index in [0.29, 0.717) is 6.42 Å². The van der Waals surface area contributed by atoms with Gasteiger partial charge in [-0.15, -0.1) is 6.58 Å². The molecule has 0 radical (unpaired) electrons. The number of amides is 1. The quantitative estimate of drug-likeness (QED) is 0.721. The molecule has 0 aliphatic heterocycles. The van der Waals surface area contributed by atoms with Gasteiger partial charge >= 0.3 is 5.97 Å². The number of carbonyl (C=O) groups excluding carboxylic acids is 1. The van der Waals surface area contributed by atoms with Gasteiger partial charge in [0.05, 0.1) is 0 Å². The van der Waals surface area contributed by atoms with Crippen molar-refractivity contribution >= 4 is 11.9 Å². The summed E-state index contributed by atoms with van der Waals surface area (Å²) in [6, 6.07) is 8.72. The van der Waals surface area contributed by atoms with Crippen LogP contribution in [0.1, 0.15) is 18.4 Å². The van der Waals surface area contributed by atoms with Crippen LogP contribution in [-0.2, 0) is 16.0 Å². The smallest absolute Gasteiger partial charge is 0.326 e. The van der Waals surface area contributed by atoms with Gasteiger partial charge < -0.3 is 10.4 Å². The molecule has 0 saturated heterocycles. The zero-order chi connectivity index (χ0) is 13.4. The molecule has 0 aliphatic rings. The first-order valence-corrected chi connectivity index (χ1v) is 5.80. The predicted octanol–water partition coefficient (Wildman–Crippen LogP) is 1.76. The Morgan fingerprint density at radius 1 is 1.33 bits per heavy atom. The number of rotatable bonds is 7. The van der Waals surface area contributed by atoms with E-state index in [2.05, 4.69) is 11.9 Å².